The Labute approximate surface area is 238 Å². The van der Waals surface area contributed by atoms with Gasteiger partial charge < -0.3 is 14.9 Å². The summed E-state index contributed by atoms with van der Waals surface area (Å²) in [5.41, 5.74) is 3.85. The van der Waals surface area contributed by atoms with Gasteiger partial charge in [0.05, 0.1) is 0 Å². The fourth-order valence-corrected chi connectivity index (χ4v) is 8.79. The average molecular weight is 555 g/mol. The summed E-state index contributed by atoms with van der Waals surface area (Å²) in [6, 6.07) is 5.97. The number of rotatable bonds is 4. The lowest BCUT2D eigenvalue weighted by molar-refractivity contribution is -0.143. The lowest BCUT2D eigenvalue weighted by Crippen LogP contribution is -2.53. The third-order valence-corrected chi connectivity index (χ3v) is 11.2. The monoisotopic (exact) mass is 554 g/mol. The van der Waals surface area contributed by atoms with E-state index in [1.54, 1.807) is 9.80 Å². The number of halogens is 1. The predicted molar refractivity (Wildman–Crippen MR) is 152 cm³/mol. The summed E-state index contributed by atoms with van der Waals surface area (Å²) in [5.74, 6) is 0.138. The standard InChI is InChI=1S/C32H47FN4O3/c1-22-32(25-8-6-4-3-5-7-9-25)21-24(11-13-28(32)35(2)34-22)26-12-10-23(20-27(26)33)29(38)36-16-18-37(19-17-36)30(39)31(40)14-15-31/h10,12,20,22,24-25,28,34,40H,3-9,11,13-19,21H2,1-2H3. The minimum absolute atomic E-state index is 0.140. The number of nitrogens with one attached hydrogen (secondary N) is 1. The molecule has 220 valence electrons. The quantitative estimate of drug-likeness (QED) is 0.575. The third kappa shape index (κ3) is 4.98. The molecule has 8 heteroatoms. The van der Waals surface area contributed by atoms with Gasteiger partial charge in [0.1, 0.15) is 11.4 Å². The number of hydrogen-bond donors (Lipinski definition) is 2. The molecule has 6 rings (SSSR count). The minimum Gasteiger partial charge on any atom is -0.380 e. The van der Waals surface area contributed by atoms with Crippen LogP contribution in [0, 0.1) is 17.2 Å². The van der Waals surface area contributed by atoms with Crippen LogP contribution in [0.3, 0.4) is 0 Å². The van der Waals surface area contributed by atoms with Gasteiger partial charge in [0, 0.05) is 56.3 Å². The third-order valence-electron chi connectivity index (χ3n) is 11.2. The van der Waals surface area contributed by atoms with Crippen LogP contribution in [0.4, 0.5) is 4.39 Å². The van der Waals surface area contributed by atoms with Crippen LogP contribution in [0.5, 0.6) is 0 Å². The SMILES string of the molecule is CC1NN(C)C2CCC(c3ccc(C(=O)N4CCN(C(=O)C5(O)CC5)CC4)cc3F)CC12C1CCCCCCC1. The van der Waals surface area contributed by atoms with Gasteiger partial charge in [-0.2, -0.15) is 0 Å². The molecule has 2 N–H and O–H groups in total. The first kappa shape index (κ1) is 28.1. The van der Waals surface area contributed by atoms with Crippen molar-refractivity contribution in [2.24, 2.45) is 11.3 Å². The van der Waals surface area contributed by atoms with E-state index < -0.39 is 5.60 Å². The Hall–Kier alpha value is -2.03. The number of hydrazine groups is 1. The van der Waals surface area contributed by atoms with Crippen LogP contribution >= 0.6 is 0 Å². The summed E-state index contributed by atoms with van der Waals surface area (Å²) in [7, 11) is 2.19. The van der Waals surface area contributed by atoms with Gasteiger partial charge in [-0.05, 0) is 81.4 Å². The number of nitrogens with zero attached hydrogens (tertiary/aromatic N) is 3. The summed E-state index contributed by atoms with van der Waals surface area (Å²) in [4.78, 5) is 29.1. The molecule has 2 aliphatic heterocycles. The zero-order chi connectivity index (χ0) is 28.1. The Morgan fingerprint density at radius 3 is 2.25 bits per heavy atom. The molecular formula is C32H47FN4O3. The smallest absolute Gasteiger partial charge is 0.254 e. The molecule has 3 saturated carbocycles. The van der Waals surface area contributed by atoms with Crippen LogP contribution in [0.1, 0.15) is 106 Å². The van der Waals surface area contributed by atoms with Crippen molar-refractivity contribution in [1.82, 2.24) is 20.2 Å². The first-order valence-corrected chi connectivity index (χ1v) is 15.8. The molecule has 40 heavy (non-hydrogen) atoms. The lowest BCUT2D eigenvalue weighted by atomic mass is 9.55. The Balaban J connectivity index is 1.16. The summed E-state index contributed by atoms with van der Waals surface area (Å²) < 4.78 is 15.8. The molecule has 3 aliphatic carbocycles. The molecule has 0 spiro atoms. The zero-order valence-electron chi connectivity index (χ0n) is 24.3. The molecule has 5 aliphatic rings. The highest BCUT2D eigenvalue weighted by Crippen LogP contribution is 2.57. The van der Waals surface area contributed by atoms with Gasteiger partial charge in [-0.25, -0.2) is 9.40 Å². The molecule has 2 saturated heterocycles. The fraction of sp³-hybridized carbons (Fsp3) is 0.750. The number of benzene rings is 1. The maximum Gasteiger partial charge on any atom is 0.254 e. The highest BCUT2D eigenvalue weighted by molar-refractivity contribution is 5.94. The van der Waals surface area contributed by atoms with Crippen LogP contribution in [-0.4, -0.2) is 82.6 Å². The van der Waals surface area contributed by atoms with E-state index in [0.29, 0.717) is 62.6 Å². The summed E-state index contributed by atoms with van der Waals surface area (Å²) in [6.45, 7) is 3.95. The minimum atomic E-state index is -1.18. The Bertz CT molecular complexity index is 1110. The molecule has 0 radical (unpaired) electrons. The molecule has 1 aromatic rings. The normalized spacial score (nSPS) is 33.2. The Morgan fingerprint density at radius 2 is 1.60 bits per heavy atom. The van der Waals surface area contributed by atoms with Crippen molar-refractivity contribution < 1.29 is 19.1 Å². The fourth-order valence-electron chi connectivity index (χ4n) is 8.79. The molecule has 0 bridgehead atoms. The lowest BCUT2D eigenvalue weighted by Gasteiger charge is -2.51. The van der Waals surface area contributed by atoms with Crippen molar-refractivity contribution in [1.29, 1.82) is 0 Å². The van der Waals surface area contributed by atoms with Gasteiger partial charge in [0.25, 0.3) is 11.8 Å². The van der Waals surface area contributed by atoms with E-state index in [1.807, 2.05) is 12.1 Å². The summed E-state index contributed by atoms with van der Waals surface area (Å²) >= 11 is 0. The van der Waals surface area contributed by atoms with Crippen LogP contribution in [-0.2, 0) is 4.79 Å². The van der Waals surface area contributed by atoms with E-state index in [0.717, 1.165) is 24.8 Å². The van der Waals surface area contributed by atoms with Gasteiger partial charge in [0.15, 0.2) is 0 Å². The van der Waals surface area contributed by atoms with E-state index in [2.05, 4.69) is 24.4 Å². The van der Waals surface area contributed by atoms with E-state index in [4.69, 9.17) is 0 Å². The molecule has 1 aromatic carbocycles. The molecule has 0 aromatic heterocycles. The summed E-state index contributed by atoms with van der Waals surface area (Å²) in [5, 5.41) is 12.5. The van der Waals surface area contributed by atoms with Crippen molar-refractivity contribution in [2.75, 3.05) is 33.2 Å². The van der Waals surface area contributed by atoms with Gasteiger partial charge in [-0.15, -0.1) is 0 Å². The second-order valence-corrected chi connectivity index (χ2v) is 13.5. The van der Waals surface area contributed by atoms with Gasteiger partial charge in [-0.1, -0.05) is 38.2 Å². The van der Waals surface area contributed by atoms with E-state index in [9.17, 15) is 14.7 Å². The van der Waals surface area contributed by atoms with Crippen molar-refractivity contribution in [3.63, 3.8) is 0 Å². The second kappa shape index (κ2) is 11.0. The van der Waals surface area contributed by atoms with Crippen molar-refractivity contribution in [2.45, 2.75) is 108 Å². The van der Waals surface area contributed by atoms with E-state index in [-0.39, 0.29) is 29.0 Å². The molecule has 4 unspecified atom stereocenters. The van der Waals surface area contributed by atoms with Gasteiger partial charge in [-0.3, -0.25) is 15.0 Å². The Kier molecular flexibility index (Phi) is 7.72. The topological polar surface area (TPSA) is 76.1 Å². The van der Waals surface area contributed by atoms with Gasteiger partial charge in [0.2, 0.25) is 0 Å². The molecule has 5 fully saturated rings. The van der Waals surface area contributed by atoms with E-state index in [1.165, 1.54) is 51.0 Å². The molecule has 7 nitrogen and oxygen atoms in total. The number of piperazine rings is 1. The maximum absolute atomic E-state index is 15.8. The number of fused-ring (bicyclic) bond motifs is 1. The summed E-state index contributed by atoms with van der Waals surface area (Å²) in [6.07, 6.45) is 13.2. The number of hydrogen-bond acceptors (Lipinski definition) is 5. The van der Waals surface area contributed by atoms with Crippen molar-refractivity contribution >= 4 is 11.8 Å². The molecule has 4 atom stereocenters. The Morgan fingerprint density at radius 1 is 0.950 bits per heavy atom. The van der Waals surface area contributed by atoms with Crippen molar-refractivity contribution in [3.8, 4) is 0 Å². The van der Waals surface area contributed by atoms with Crippen LogP contribution < -0.4 is 5.43 Å². The first-order valence-electron chi connectivity index (χ1n) is 15.8. The molecule has 2 amide bonds. The predicted octanol–water partition coefficient (Wildman–Crippen LogP) is 4.46. The average Bonchev–Trinajstić information content (AvgIpc) is 3.64. The second-order valence-electron chi connectivity index (χ2n) is 13.5. The highest BCUT2D eigenvalue weighted by Gasteiger charge is 2.57. The number of aliphatic hydroxyl groups is 1. The molecular weight excluding hydrogens is 507 g/mol. The highest BCUT2D eigenvalue weighted by atomic mass is 19.1. The largest absolute Gasteiger partial charge is 0.380 e. The van der Waals surface area contributed by atoms with Gasteiger partial charge >= 0.3 is 0 Å². The number of amides is 2. The van der Waals surface area contributed by atoms with Crippen LogP contribution in [0.2, 0.25) is 0 Å². The number of carbonyl (C=O) groups is 2. The molecule has 2 heterocycles. The maximum atomic E-state index is 15.8. The zero-order valence-corrected chi connectivity index (χ0v) is 24.3. The van der Waals surface area contributed by atoms with Crippen molar-refractivity contribution in [3.05, 3.63) is 35.1 Å². The number of carbonyl (C=O) groups excluding carboxylic acids is 2. The van der Waals surface area contributed by atoms with E-state index >= 15 is 4.39 Å². The first-order chi connectivity index (χ1) is 19.2. The van der Waals surface area contributed by atoms with Crippen LogP contribution in [0.15, 0.2) is 18.2 Å². The van der Waals surface area contributed by atoms with Crippen LogP contribution in [0.25, 0.3) is 0 Å².